The zero-order chi connectivity index (χ0) is 24.4. The van der Waals surface area contributed by atoms with Crippen LogP contribution >= 0.6 is 0 Å². The normalized spacial score (nSPS) is 26.9. The van der Waals surface area contributed by atoms with E-state index in [9.17, 15) is 15.0 Å². The van der Waals surface area contributed by atoms with Crippen LogP contribution in [0.4, 0.5) is 0 Å². The fourth-order valence-corrected chi connectivity index (χ4v) is 5.84. The van der Waals surface area contributed by atoms with E-state index < -0.39 is 25.8 Å². The van der Waals surface area contributed by atoms with E-state index in [0.717, 1.165) is 16.9 Å². The molecule has 2 aliphatic carbocycles. The molecule has 0 amide bonds. The first-order valence-corrected chi connectivity index (χ1v) is 14.5. The fourth-order valence-electron chi connectivity index (χ4n) is 4.51. The average molecular weight is 475 g/mol. The van der Waals surface area contributed by atoms with Crippen LogP contribution in [0.1, 0.15) is 32.8 Å². The van der Waals surface area contributed by atoms with Crippen molar-refractivity contribution < 1.29 is 28.9 Å². The number of carboxylic acid groups (broad SMARTS) is 1. The van der Waals surface area contributed by atoms with Crippen molar-refractivity contribution in [2.45, 2.75) is 58.0 Å². The molecular weight excluding hydrogens is 436 g/mol. The van der Waals surface area contributed by atoms with E-state index in [1.54, 1.807) is 13.2 Å². The summed E-state index contributed by atoms with van der Waals surface area (Å²) in [6.45, 7) is 11.6. The molecule has 0 radical (unpaired) electrons. The number of hydrogen-bond acceptors (Lipinski definition) is 5. The van der Waals surface area contributed by atoms with Crippen molar-refractivity contribution in [1.29, 1.82) is 0 Å². The zero-order valence-corrected chi connectivity index (χ0v) is 21.6. The maximum atomic E-state index is 12.6. The highest BCUT2D eigenvalue weighted by molar-refractivity contribution is 6.74. The van der Waals surface area contributed by atoms with Crippen molar-refractivity contribution in [3.05, 3.63) is 53.6 Å². The van der Waals surface area contributed by atoms with Gasteiger partial charge in [0.15, 0.2) is 8.32 Å². The van der Waals surface area contributed by atoms with Gasteiger partial charge in [0, 0.05) is 18.4 Å². The third kappa shape index (κ3) is 4.97. The molecule has 6 nitrogen and oxygen atoms in total. The summed E-state index contributed by atoms with van der Waals surface area (Å²) >= 11 is 0. The summed E-state index contributed by atoms with van der Waals surface area (Å²) in [6.07, 6.45) is 5.61. The Labute approximate surface area is 198 Å². The molecule has 2 aliphatic rings. The van der Waals surface area contributed by atoms with Crippen LogP contribution < -0.4 is 4.74 Å². The lowest BCUT2D eigenvalue weighted by molar-refractivity contribution is -0.150. The van der Waals surface area contributed by atoms with Crippen LogP contribution in [0.15, 0.2) is 48.1 Å². The van der Waals surface area contributed by atoms with Crippen LogP contribution in [0.5, 0.6) is 5.75 Å². The summed E-state index contributed by atoms with van der Waals surface area (Å²) in [6, 6.07) is 7.77. The lowest BCUT2D eigenvalue weighted by atomic mass is 9.70. The number of aliphatic carboxylic acids is 1. The molecule has 1 unspecified atom stereocenters. The Balaban J connectivity index is 1.83. The predicted octanol–water partition coefficient (Wildman–Crippen LogP) is 4.80. The number of hydrogen-bond donors (Lipinski definition) is 2. The third-order valence-corrected chi connectivity index (χ3v) is 12.0. The molecule has 2 N–H and O–H groups in total. The molecule has 0 fully saturated rings. The minimum Gasteiger partial charge on any atom is -0.497 e. The largest absolute Gasteiger partial charge is 0.497 e. The minimum absolute atomic E-state index is 0.00156. The molecule has 33 heavy (non-hydrogen) atoms. The average Bonchev–Trinajstić information content (AvgIpc) is 2.93. The van der Waals surface area contributed by atoms with Crippen LogP contribution in [-0.4, -0.2) is 50.9 Å². The SMILES string of the molecule is COc1ccc(COC[C@@H]2C=C[C@]3(C(=O)O)C(CCO)=C[C@H]2C3O[Si](C)(C)C(C)(C)C)cc1. The molecule has 0 spiro atoms. The van der Waals surface area contributed by atoms with Gasteiger partial charge in [-0.3, -0.25) is 4.79 Å². The van der Waals surface area contributed by atoms with Crippen LogP contribution in [-0.2, 0) is 20.6 Å². The second-order valence-corrected chi connectivity index (χ2v) is 15.4. The minimum atomic E-state index is -2.25. The molecule has 1 aromatic rings. The molecule has 1 aromatic carbocycles. The summed E-state index contributed by atoms with van der Waals surface area (Å²) in [5.41, 5.74) is 0.558. The number of rotatable bonds is 10. The van der Waals surface area contributed by atoms with Gasteiger partial charge in [0.25, 0.3) is 0 Å². The van der Waals surface area contributed by atoms with Crippen LogP contribution in [0.25, 0.3) is 0 Å². The van der Waals surface area contributed by atoms with Crippen molar-refractivity contribution in [3.63, 3.8) is 0 Å². The summed E-state index contributed by atoms with van der Waals surface area (Å²) in [4.78, 5) is 12.6. The van der Waals surface area contributed by atoms with Gasteiger partial charge in [-0.1, -0.05) is 51.1 Å². The van der Waals surface area contributed by atoms with E-state index in [1.807, 2.05) is 36.4 Å². The smallest absolute Gasteiger partial charge is 0.320 e. The summed E-state index contributed by atoms with van der Waals surface area (Å²) in [5, 5.41) is 19.9. The Bertz CT molecular complexity index is 898. The van der Waals surface area contributed by atoms with Gasteiger partial charge in [0.05, 0.1) is 26.4 Å². The number of aliphatic hydroxyl groups excluding tert-OH is 1. The van der Waals surface area contributed by atoms with Gasteiger partial charge in [-0.25, -0.2) is 0 Å². The highest BCUT2D eigenvalue weighted by Gasteiger charge is 2.60. The first-order valence-electron chi connectivity index (χ1n) is 11.6. The molecule has 0 saturated heterocycles. The van der Waals surface area contributed by atoms with E-state index in [0.29, 0.717) is 19.6 Å². The Kier molecular flexibility index (Phi) is 7.58. The standard InChI is InChI=1S/C26H38O6Si/c1-25(2,3)33(5,6)32-23-22-15-20(12-14-27)26(23,24(28)29)13-11-19(22)17-31-16-18-7-9-21(30-4)10-8-18/h7-11,13,15,19,22-23,27H,12,14,16-17H2,1-6H3,(H,28,29)/t19-,22+,23?,26-/m0/s1. The number of carbonyl (C=O) groups is 1. The highest BCUT2D eigenvalue weighted by Crippen LogP contribution is 2.55. The van der Waals surface area contributed by atoms with Gasteiger partial charge in [-0.05, 0) is 47.8 Å². The first-order chi connectivity index (χ1) is 15.5. The lowest BCUT2D eigenvalue weighted by Crippen LogP contribution is -2.54. The van der Waals surface area contributed by atoms with E-state index in [2.05, 4.69) is 33.9 Å². The van der Waals surface area contributed by atoms with E-state index >= 15 is 0 Å². The Hall–Kier alpha value is -1.93. The summed E-state index contributed by atoms with van der Waals surface area (Å²) < 4.78 is 18.1. The molecule has 0 saturated carbocycles. The van der Waals surface area contributed by atoms with Crippen LogP contribution in [0, 0.1) is 17.3 Å². The first kappa shape index (κ1) is 25.7. The van der Waals surface area contributed by atoms with Gasteiger partial charge >= 0.3 is 5.97 Å². The lowest BCUT2D eigenvalue weighted by Gasteiger charge is -2.46. The second kappa shape index (κ2) is 9.74. The van der Waals surface area contributed by atoms with Crippen molar-refractivity contribution in [1.82, 2.24) is 0 Å². The quantitative estimate of drug-likeness (QED) is 0.374. The molecule has 182 valence electrons. The molecule has 2 bridgehead atoms. The van der Waals surface area contributed by atoms with Crippen LogP contribution in [0.3, 0.4) is 0 Å². The Morgan fingerprint density at radius 3 is 2.39 bits per heavy atom. The van der Waals surface area contributed by atoms with Crippen molar-refractivity contribution >= 4 is 14.3 Å². The maximum absolute atomic E-state index is 12.6. The van der Waals surface area contributed by atoms with E-state index in [4.69, 9.17) is 13.9 Å². The maximum Gasteiger partial charge on any atom is 0.320 e. The topological polar surface area (TPSA) is 85.2 Å². The van der Waals surface area contributed by atoms with Crippen LogP contribution in [0.2, 0.25) is 18.1 Å². The number of ether oxygens (including phenoxy) is 2. The molecular formula is C26H38O6Si. The van der Waals surface area contributed by atoms with Gasteiger partial charge in [0.2, 0.25) is 0 Å². The number of benzene rings is 1. The molecule has 0 heterocycles. The Morgan fingerprint density at radius 2 is 1.85 bits per heavy atom. The molecule has 0 aromatic heterocycles. The number of fused-ring (bicyclic) bond motifs is 2. The molecule has 7 heteroatoms. The second-order valence-electron chi connectivity index (χ2n) is 10.6. The summed E-state index contributed by atoms with van der Waals surface area (Å²) in [7, 11) is -0.610. The summed E-state index contributed by atoms with van der Waals surface area (Å²) in [5.74, 6) is -0.223. The van der Waals surface area contributed by atoms with Gasteiger partial charge in [-0.15, -0.1) is 0 Å². The number of carboxylic acids is 1. The fraction of sp³-hybridized carbons (Fsp3) is 0.577. The number of aliphatic hydroxyl groups is 1. The number of methoxy groups -OCH3 is 1. The molecule has 4 atom stereocenters. The Morgan fingerprint density at radius 1 is 1.18 bits per heavy atom. The van der Waals surface area contributed by atoms with E-state index in [1.165, 1.54) is 0 Å². The molecule has 3 rings (SSSR count). The van der Waals surface area contributed by atoms with Crippen molar-refractivity contribution in [3.8, 4) is 5.75 Å². The predicted molar refractivity (Wildman–Crippen MR) is 131 cm³/mol. The van der Waals surface area contributed by atoms with Gasteiger partial charge in [-0.2, -0.15) is 0 Å². The zero-order valence-electron chi connectivity index (χ0n) is 20.6. The van der Waals surface area contributed by atoms with Gasteiger partial charge < -0.3 is 24.1 Å². The monoisotopic (exact) mass is 474 g/mol. The molecule has 0 aliphatic heterocycles. The van der Waals surface area contributed by atoms with Crippen molar-refractivity contribution in [2.24, 2.45) is 17.3 Å². The van der Waals surface area contributed by atoms with Gasteiger partial charge in [0.1, 0.15) is 11.2 Å². The highest BCUT2D eigenvalue weighted by atomic mass is 28.4. The van der Waals surface area contributed by atoms with E-state index in [-0.39, 0.29) is 23.5 Å². The van der Waals surface area contributed by atoms with Crippen molar-refractivity contribution in [2.75, 3.05) is 20.3 Å². The third-order valence-electron chi connectivity index (χ3n) is 7.52.